The zero-order chi connectivity index (χ0) is 15.7. The Balaban J connectivity index is 2.10. The highest BCUT2D eigenvalue weighted by Crippen LogP contribution is 2.27. The monoisotopic (exact) mass is 292 g/mol. The van der Waals surface area contributed by atoms with Gasteiger partial charge in [0.15, 0.2) is 0 Å². The minimum absolute atomic E-state index is 0.0665. The number of fused-ring (bicyclic) bond motifs is 1. The van der Waals surface area contributed by atoms with Gasteiger partial charge in [-0.2, -0.15) is 0 Å². The van der Waals surface area contributed by atoms with Gasteiger partial charge in [-0.25, -0.2) is 0 Å². The van der Waals surface area contributed by atoms with Crippen molar-refractivity contribution in [2.45, 2.75) is 13.8 Å². The van der Waals surface area contributed by atoms with Gasteiger partial charge >= 0.3 is 0 Å². The largest absolute Gasteiger partial charge is 0.352 e. The lowest BCUT2D eigenvalue weighted by molar-refractivity contribution is -0.114. The third-order valence-corrected chi connectivity index (χ3v) is 3.47. The van der Waals surface area contributed by atoms with Gasteiger partial charge in [0.05, 0.1) is 11.4 Å². The number of hydrogen-bond acceptors (Lipinski definition) is 2. The summed E-state index contributed by atoms with van der Waals surface area (Å²) in [4.78, 5) is 27.0. The number of ketones is 1. The van der Waals surface area contributed by atoms with Crippen LogP contribution in [0.1, 0.15) is 28.5 Å². The maximum atomic E-state index is 12.5. The standard InChI is InChI=1S/C18H16N2O2/c1-11-8-15(19-12(2)21)14-10-17(20-16(14)9-11)18(22)13-6-4-3-5-7-13/h3-10,20H,1-2H3,(H,19,21). The van der Waals surface area contributed by atoms with Gasteiger partial charge in [-0.3, -0.25) is 9.59 Å². The highest BCUT2D eigenvalue weighted by Gasteiger charge is 2.14. The summed E-state index contributed by atoms with van der Waals surface area (Å²) in [7, 11) is 0. The van der Waals surface area contributed by atoms with Crippen molar-refractivity contribution in [3.8, 4) is 0 Å². The number of carbonyl (C=O) groups is 2. The number of hydrogen-bond donors (Lipinski definition) is 2. The van der Waals surface area contributed by atoms with E-state index in [-0.39, 0.29) is 11.7 Å². The molecule has 0 bridgehead atoms. The van der Waals surface area contributed by atoms with E-state index in [1.807, 2.05) is 37.3 Å². The van der Waals surface area contributed by atoms with E-state index in [2.05, 4.69) is 10.3 Å². The number of rotatable bonds is 3. The van der Waals surface area contributed by atoms with Crippen molar-refractivity contribution in [3.63, 3.8) is 0 Å². The van der Waals surface area contributed by atoms with Gasteiger partial charge < -0.3 is 10.3 Å². The molecule has 0 spiro atoms. The van der Waals surface area contributed by atoms with Crippen LogP contribution in [-0.2, 0) is 4.79 Å². The first-order chi connectivity index (χ1) is 10.5. The number of aryl methyl sites for hydroxylation is 1. The molecule has 0 radical (unpaired) electrons. The zero-order valence-corrected chi connectivity index (χ0v) is 12.4. The summed E-state index contributed by atoms with van der Waals surface area (Å²) in [5.74, 6) is -0.202. The normalized spacial score (nSPS) is 10.6. The molecule has 4 heteroatoms. The summed E-state index contributed by atoms with van der Waals surface area (Å²) in [6, 6.07) is 14.8. The molecule has 3 aromatic rings. The smallest absolute Gasteiger partial charge is 0.221 e. The van der Waals surface area contributed by atoms with Crippen molar-refractivity contribution in [3.05, 3.63) is 65.4 Å². The second kappa shape index (κ2) is 5.48. The van der Waals surface area contributed by atoms with Gasteiger partial charge in [0, 0.05) is 23.4 Å². The van der Waals surface area contributed by atoms with Crippen LogP contribution in [0.25, 0.3) is 10.9 Å². The fourth-order valence-electron chi connectivity index (χ4n) is 2.54. The Bertz CT molecular complexity index is 863. The number of aromatic nitrogens is 1. The second-order valence-electron chi connectivity index (χ2n) is 5.33. The maximum Gasteiger partial charge on any atom is 0.221 e. The number of benzene rings is 2. The first-order valence-electron chi connectivity index (χ1n) is 7.05. The van der Waals surface area contributed by atoms with Gasteiger partial charge in [-0.05, 0) is 30.7 Å². The van der Waals surface area contributed by atoms with E-state index >= 15 is 0 Å². The van der Waals surface area contributed by atoms with E-state index in [1.165, 1.54) is 6.92 Å². The molecule has 0 atom stereocenters. The minimum atomic E-state index is -0.135. The average molecular weight is 292 g/mol. The first kappa shape index (κ1) is 14.1. The molecule has 2 N–H and O–H groups in total. The third kappa shape index (κ3) is 2.63. The van der Waals surface area contributed by atoms with Crippen LogP contribution in [-0.4, -0.2) is 16.7 Å². The number of carbonyl (C=O) groups excluding carboxylic acids is 2. The predicted octanol–water partition coefficient (Wildman–Crippen LogP) is 3.67. The summed E-state index contributed by atoms with van der Waals surface area (Å²) in [6.45, 7) is 3.42. The number of nitrogens with one attached hydrogen (secondary N) is 2. The lowest BCUT2D eigenvalue weighted by Gasteiger charge is -2.05. The van der Waals surface area contributed by atoms with Crippen LogP contribution in [0.5, 0.6) is 0 Å². The molecule has 4 nitrogen and oxygen atoms in total. The van der Waals surface area contributed by atoms with E-state index < -0.39 is 0 Å². The fraction of sp³-hybridized carbons (Fsp3) is 0.111. The van der Waals surface area contributed by atoms with E-state index in [9.17, 15) is 9.59 Å². The van der Waals surface area contributed by atoms with Crippen molar-refractivity contribution in [1.82, 2.24) is 4.98 Å². The molecular weight excluding hydrogens is 276 g/mol. The van der Waals surface area contributed by atoms with Crippen LogP contribution in [0.4, 0.5) is 5.69 Å². The van der Waals surface area contributed by atoms with Crippen LogP contribution in [0, 0.1) is 6.92 Å². The molecule has 0 fully saturated rings. The molecule has 3 rings (SSSR count). The van der Waals surface area contributed by atoms with Crippen molar-refractivity contribution in [1.29, 1.82) is 0 Å². The Morgan fingerprint density at radius 3 is 2.45 bits per heavy atom. The van der Waals surface area contributed by atoms with Crippen LogP contribution in [0.15, 0.2) is 48.5 Å². The highest BCUT2D eigenvalue weighted by molar-refractivity contribution is 6.12. The highest BCUT2D eigenvalue weighted by atomic mass is 16.1. The molecule has 0 saturated heterocycles. The molecule has 0 aliphatic rings. The van der Waals surface area contributed by atoms with Gasteiger partial charge in [0.2, 0.25) is 11.7 Å². The first-order valence-corrected chi connectivity index (χ1v) is 7.05. The Kier molecular flexibility index (Phi) is 3.51. The van der Waals surface area contributed by atoms with E-state index in [0.717, 1.165) is 16.5 Å². The van der Waals surface area contributed by atoms with E-state index in [4.69, 9.17) is 0 Å². The lowest BCUT2D eigenvalue weighted by Crippen LogP contribution is -2.06. The molecule has 1 aromatic heterocycles. The number of H-pyrrole nitrogens is 1. The molecule has 0 saturated carbocycles. The van der Waals surface area contributed by atoms with Gasteiger partial charge in [-0.15, -0.1) is 0 Å². The summed E-state index contributed by atoms with van der Waals surface area (Å²) in [6.07, 6.45) is 0. The molecule has 1 amide bonds. The van der Waals surface area contributed by atoms with Gasteiger partial charge in [0.1, 0.15) is 0 Å². The van der Waals surface area contributed by atoms with Gasteiger partial charge in [0.25, 0.3) is 0 Å². The molecule has 0 unspecified atom stereocenters. The fourth-order valence-corrected chi connectivity index (χ4v) is 2.54. The number of aromatic amines is 1. The van der Waals surface area contributed by atoms with Crippen LogP contribution in [0.3, 0.4) is 0 Å². The molecule has 0 aliphatic carbocycles. The summed E-state index contributed by atoms with van der Waals surface area (Å²) in [5, 5.41) is 3.64. The molecule has 1 heterocycles. The van der Waals surface area contributed by atoms with E-state index in [1.54, 1.807) is 18.2 Å². The van der Waals surface area contributed by atoms with Crippen LogP contribution >= 0.6 is 0 Å². The second-order valence-corrected chi connectivity index (χ2v) is 5.33. The molecule has 2 aromatic carbocycles. The topological polar surface area (TPSA) is 62.0 Å². The van der Waals surface area contributed by atoms with Crippen molar-refractivity contribution < 1.29 is 9.59 Å². The molecule has 110 valence electrons. The third-order valence-electron chi connectivity index (χ3n) is 3.47. The number of anilines is 1. The Morgan fingerprint density at radius 2 is 1.77 bits per heavy atom. The Labute approximate surface area is 128 Å². The summed E-state index contributed by atoms with van der Waals surface area (Å²) < 4.78 is 0. The molecular formula is C18H16N2O2. The summed E-state index contributed by atoms with van der Waals surface area (Å²) in [5.41, 5.74) is 3.70. The Hall–Kier alpha value is -2.88. The average Bonchev–Trinajstić information content (AvgIpc) is 2.90. The summed E-state index contributed by atoms with van der Waals surface area (Å²) >= 11 is 0. The maximum absolute atomic E-state index is 12.5. The quantitative estimate of drug-likeness (QED) is 0.724. The molecule has 0 aliphatic heterocycles. The lowest BCUT2D eigenvalue weighted by atomic mass is 10.1. The van der Waals surface area contributed by atoms with Crippen LogP contribution < -0.4 is 5.32 Å². The van der Waals surface area contributed by atoms with Crippen molar-refractivity contribution >= 4 is 28.3 Å². The van der Waals surface area contributed by atoms with Crippen molar-refractivity contribution in [2.24, 2.45) is 0 Å². The Morgan fingerprint density at radius 1 is 1.05 bits per heavy atom. The SMILES string of the molecule is CC(=O)Nc1cc(C)cc2[nH]c(C(=O)c3ccccc3)cc12. The van der Waals surface area contributed by atoms with Crippen molar-refractivity contribution in [2.75, 3.05) is 5.32 Å². The van der Waals surface area contributed by atoms with Crippen LogP contribution in [0.2, 0.25) is 0 Å². The van der Waals surface area contributed by atoms with Gasteiger partial charge in [-0.1, -0.05) is 30.3 Å². The minimum Gasteiger partial charge on any atom is -0.352 e. The van der Waals surface area contributed by atoms with E-state index in [0.29, 0.717) is 16.9 Å². The molecule has 22 heavy (non-hydrogen) atoms. The number of amides is 1. The predicted molar refractivity (Wildman–Crippen MR) is 87.2 cm³/mol. The zero-order valence-electron chi connectivity index (χ0n) is 12.4.